The number of halogens is 3. The van der Waals surface area contributed by atoms with Crippen LogP contribution in [0.2, 0.25) is 5.02 Å². The number of para-hydroxylation sites is 1. The first kappa shape index (κ1) is 27.6. The van der Waals surface area contributed by atoms with Crippen LogP contribution in [0.3, 0.4) is 0 Å². The maximum atomic E-state index is 15.1. The van der Waals surface area contributed by atoms with Crippen molar-refractivity contribution in [1.82, 2.24) is 14.5 Å². The van der Waals surface area contributed by atoms with Crippen molar-refractivity contribution in [3.63, 3.8) is 0 Å². The quantitative estimate of drug-likeness (QED) is 0.253. The van der Waals surface area contributed by atoms with E-state index in [1.165, 1.54) is 6.07 Å². The number of piperidine rings is 1. The van der Waals surface area contributed by atoms with Crippen LogP contribution in [0.15, 0.2) is 36.4 Å². The minimum atomic E-state index is -1.31. The maximum Gasteiger partial charge on any atom is 0.349 e. The second kappa shape index (κ2) is 10.5. The molecule has 8 nitrogen and oxygen atoms in total. The number of likely N-dealkylation sites (tertiary alicyclic amines) is 1. The third-order valence-corrected chi connectivity index (χ3v) is 9.69. The predicted molar refractivity (Wildman–Crippen MR) is 153 cm³/mol. The molecular formula is C30H28ClF2N3O5S. The number of benzene rings is 2. The second-order valence-electron chi connectivity index (χ2n) is 11.1. The molecular weight excluding hydrogens is 588 g/mol. The number of hydrogen-bond acceptors (Lipinski definition) is 7. The van der Waals surface area contributed by atoms with Gasteiger partial charge in [0.25, 0.3) is 5.79 Å². The molecule has 7 rings (SSSR count). The van der Waals surface area contributed by atoms with Gasteiger partial charge >= 0.3 is 5.97 Å². The first-order valence-electron chi connectivity index (χ1n) is 13.9. The van der Waals surface area contributed by atoms with Crippen molar-refractivity contribution in [3.8, 4) is 11.5 Å². The summed E-state index contributed by atoms with van der Waals surface area (Å²) in [6.07, 6.45) is 2.54. The SMILES string of the molecule is CC1(c2ccc(Cl)cc2F)Oc2cccc(C3CCN(Cc4nc5sc(C(=O)O)c(F)c5n4CC4CCO4)CC3)c2O1. The Bertz CT molecular complexity index is 1700. The molecule has 2 atom stereocenters. The second-order valence-corrected chi connectivity index (χ2v) is 12.6. The van der Waals surface area contributed by atoms with Gasteiger partial charge in [0.15, 0.2) is 22.2 Å². The van der Waals surface area contributed by atoms with E-state index in [1.54, 1.807) is 23.6 Å². The van der Waals surface area contributed by atoms with Gasteiger partial charge in [0.2, 0.25) is 0 Å². The number of aromatic nitrogens is 2. The molecule has 2 fully saturated rings. The molecule has 3 aliphatic rings. The third-order valence-electron chi connectivity index (χ3n) is 8.42. The van der Waals surface area contributed by atoms with Gasteiger partial charge in [-0.3, -0.25) is 4.90 Å². The van der Waals surface area contributed by atoms with Gasteiger partial charge in [-0.1, -0.05) is 23.7 Å². The molecule has 2 unspecified atom stereocenters. The van der Waals surface area contributed by atoms with E-state index in [-0.39, 0.29) is 28.0 Å². The van der Waals surface area contributed by atoms with E-state index in [4.69, 9.17) is 25.8 Å². The van der Waals surface area contributed by atoms with Crippen molar-refractivity contribution < 1.29 is 32.9 Å². The van der Waals surface area contributed by atoms with Gasteiger partial charge in [-0.15, -0.1) is 11.3 Å². The molecule has 5 heterocycles. The summed E-state index contributed by atoms with van der Waals surface area (Å²) in [5, 5.41) is 9.70. The van der Waals surface area contributed by atoms with E-state index >= 15 is 4.39 Å². The van der Waals surface area contributed by atoms with Gasteiger partial charge in [0.05, 0.1) is 24.8 Å². The summed E-state index contributed by atoms with van der Waals surface area (Å²) in [6.45, 7) is 4.89. The molecule has 0 amide bonds. The number of imidazole rings is 1. The summed E-state index contributed by atoms with van der Waals surface area (Å²) in [5.74, 6) is -1.69. The molecule has 2 aromatic carbocycles. The molecule has 2 saturated heterocycles. The largest absolute Gasteiger partial charge is 0.477 e. The molecule has 2 aromatic heterocycles. The molecule has 0 radical (unpaired) electrons. The van der Waals surface area contributed by atoms with Crippen LogP contribution in [-0.4, -0.2) is 51.3 Å². The van der Waals surface area contributed by atoms with Crippen molar-refractivity contribution in [3.05, 3.63) is 74.9 Å². The summed E-state index contributed by atoms with van der Waals surface area (Å²) in [4.78, 5) is 18.5. The normalized spacial score (nSPS) is 22.5. The number of carboxylic acid groups (broad SMARTS) is 1. The van der Waals surface area contributed by atoms with E-state index in [0.717, 1.165) is 49.3 Å². The summed E-state index contributed by atoms with van der Waals surface area (Å²) < 4.78 is 49.8. The Balaban J connectivity index is 1.08. The van der Waals surface area contributed by atoms with E-state index in [0.29, 0.717) is 46.9 Å². The lowest BCUT2D eigenvalue weighted by molar-refractivity contribution is -0.0712. The Hall–Kier alpha value is -3.25. The minimum absolute atomic E-state index is 0.0334. The van der Waals surface area contributed by atoms with Crippen LogP contribution in [0.1, 0.15) is 58.7 Å². The Morgan fingerprint density at radius 3 is 2.67 bits per heavy atom. The maximum absolute atomic E-state index is 15.1. The molecule has 0 spiro atoms. The Kier molecular flexibility index (Phi) is 6.88. The number of rotatable bonds is 7. The molecule has 0 aliphatic carbocycles. The van der Waals surface area contributed by atoms with Gasteiger partial charge in [-0.05, 0) is 62.5 Å². The number of aromatic carboxylic acids is 1. The van der Waals surface area contributed by atoms with Crippen molar-refractivity contribution in [2.24, 2.45) is 0 Å². The Morgan fingerprint density at radius 2 is 1.98 bits per heavy atom. The van der Waals surface area contributed by atoms with Gasteiger partial charge in [-0.2, -0.15) is 0 Å². The van der Waals surface area contributed by atoms with Gasteiger partial charge in [-0.25, -0.2) is 18.6 Å². The fourth-order valence-corrected chi connectivity index (χ4v) is 7.21. The van der Waals surface area contributed by atoms with Crippen LogP contribution in [0.25, 0.3) is 10.3 Å². The number of hydrogen-bond donors (Lipinski definition) is 1. The fraction of sp³-hybridized carbons (Fsp3) is 0.400. The number of carboxylic acids is 1. The highest BCUT2D eigenvalue weighted by atomic mass is 35.5. The number of nitrogens with zero attached hydrogens (tertiary/aromatic N) is 3. The van der Waals surface area contributed by atoms with E-state index < -0.39 is 23.4 Å². The van der Waals surface area contributed by atoms with Crippen molar-refractivity contribution in [2.45, 2.75) is 57.1 Å². The van der Waals surface area contributed by atoms with Crippen LogP contribution in [0.5, 0.6) is 11.5 Å². The molecule has 42 heavy (non-hydrogen) atoms. The zero-order valence-corrected chi connectivity index (χ0v) is 24.3. The fourth-order valence-electron chi connectivity index (χ4n) is 6.13. The molecule has 0 bridgehead atoms. The lowest BCUT2D eigenvalue weighted by atomic mass is 9.88. The third kappa shape index (κ3) is 4.72. The Morgan fingerprint density at radius 1 is 1.19 bits per heavy atom. The summed E-state index contributed by atoms with van der Waals surface area (Å²) in [7, 11) is 0. The van der Waals surface area contributed by atoms with E-state index in [2.05, 4.69) is 9.88 Å². The smallest absolute Gasteiger partial charge is 0.349 e. The topological polar surface area (TPSA) is 86.1 Å². The van der Waals surface area contributed by atoms with Gasteiger partial charge in [0, 0.05) is 24.1 Å². The van der Waals surface area contributed by atoms with E-state index in [1.807, 2.05) is 18.2 Å². The van der Waals surface area contributed by atoms with Crippen molar-refractivity contribution in [2.75, 3.05) is 19.7 Å². The lowest BCUT2D eigenvalue weighted by Crippen LogP contribution is -2.35. The van der Waals surface area contributed by atoms with Gasteiger partial charge < -0.3 is 23.9 Å². The molecule has 0 saturated carbocycles. The number of thiophene rings is 1. The van der Waals surface area contributed by atoms with Crippen LogP contribution >= 0.6 is 22.9 Å². The van der Waals surface area contributed by atoms with Gasteiger partial charge in [0.1, 0.15) is 22.0 Å². The zero-order chi connectivity index (χ0) is 29.2. The average Bonchev–Trinajstić information content (AvgIpc) is 3.56. The number of fused-ring (bicyclic) bond motifs is 2. The first-order chi connectivity index (χ1) is 20.2. The van der Waals surface area contributed by atoms with Crippen LogP contribution in [0.4, 0.5) is 8.78 Å². The molecule has 12 heteroatoms. The first-order valence-corrected chi connectivity index (χ1v) is 15.1. The molecule has 220 valence electrons. The minimum Gasteiger partial charge on any atom is -0.477 e. The summed E-state index contributed by atoms with van der Waals surface area (Å²) >= 11 is 6.82. The number of carbonyl (C=O) groups is 1. The average molecular weight is 616 g/mol. The van der Waals surface area contributed by atoms with Crippen LogP contribution < -0.4 is 9.47 Å². The number of ether oxygens (including phenoxy) is 3. The van der Waals surface area contributed by atoms with Crippen LogP contribution in [-0.2, 0) is 23.6 Å². The molecule has 3 aliphatic heterocycles. The lowest BCUT2D eigenvalue weighted by Gasteiger charge is -2.33. The van der Waals surface area contributed by atoms with Crippen molar-refractivity contribution >= 4 is 39.3 Å². The Labute approximate surface area is 249 Å². The highest BCUT2D eigenvalue weighted by Gasteiger charge is 2.43. The zero-order valence-electron chi connectivity index (χ0n) is 22.7. The summed E-state index contributed by atoms with van der Waals surface area (Å²) in [6, 6.07) is 10.3. The molecule has 4 aromatic rings. The highest BCUT2D eigenvalue weighted by molar-refractivity contribution is 7.20. The molecule has 1 N–H and O–H groups in total. The van der Waals surface area contributed by atoms with Crippen molar-refractivity contribution in [1.29, 1.82) is 0 Å². The van der Waals surface area contributed by atoms with Crippen LogP contribution in [0, 0.1) is 11.6 Å². The standard InChI is InChI=1S/C30H28ClF2N3O5S/c1-30(20-6-5-17(31)13-21(20)32)40-22-4-2-3-19(26(22)41-30)16-7-10-35(11-8-16)15-23-34-28-25(24(33)27(42-28)29(37)38)36(23)14-18-9-12-39-18/h2-6,13,16,18H,7-12,14-15H2,1H3,(H,37,38). The predicted octanol–water partition coefficient (Wildman–Crippen LogP) is 6.54. The monoisotopic (exact) mass is 615 g/mol. The van der Waals surface area contributed by atoms with E-state index in [9.17, 15) is 14.3 Å². The summed E-state index contributed by atoms with van der Waals surface area (Å²) in [5.41, 5.74) is 1.55. The highest BCUT2D eigenvalue weighted by Crippen LogP contribution is 2.50.